The van der Waals surface area contributed by atoms with Gasteiger partial charge < -0.3 is 5.11 Å². The zero-order valence-electron chi connectivity index (χ0n) is 6.68. The molecule has 62 valence electrons. The maximum atomic E-state index is 11.2. The van der Waals surface area contributed by atoms with Crippen molar-refractivity contribution in [1.29, 1.82) is 0 Å². The number of ketones is 1. The summed E-state index contributed by atoms with van der Waals surface area (Å²) in [7, 11) is 0. The minimum Gasteiger partial charge on any atom is -0.382 e. The molecule has 11 heavy (non-hydrogen) atoms. The van der Waals surface area contributed by atoms with Gasteiger partial charge in [0.25, 0.3) is 0 Å². The van der Waals surface area contributed by atoms with E-state index in [1.165, 1.54) is 0 Å². The van der Waals surface area contributed by atoms with E-state index >= 15 is 0 Å². The normalized spacial score (nSPS) is 31.9. The number of carbonyl (C=O) groups excluding carboxylic acids is 1. The molecule has 0 aromatic carbocycles. The van der Waals surface area contributed by atoms with Crippen molar-refractivity contribution >= 4 is 5.78 Å². The van der Waals surface area contributed by atoms with Gasteiger partial charge in [0.15, 0.2) is 5.78 Å². The summed E-state index contributed by atoms with van der Waals surface area (Å²) in [6.45, 7) is 3.52. The third-order valence-electron chi connectivity index (χ3n) is 2.25. The molecular weight excluding hydrogens is 140 g/mol. The van der Waals surface area contributed by atoms with Crippen LogP contribution in [-0.4, -0.2) is 16.5 Å². The Morgan fingerprint density at radius 1 is 1.64 bits per heavy atom. The van der Waals surface area contributed by atoms with Crippen molar-refractivity contribution in [2.45, 2.75) is 37.7 Å². The van der Waals surface area contributed by atoms with Crippen LogP contribution in [0.25, 0.3) is 0 Å². The summed E-state index contributed by atoms with van der Waals surface area (Å²) in [5.74, 6) is -0.0105. The monoisotopic (exact) mass is 154 g/mol. The first-order valence-corrected chi connectivity index (χ1v) is 4.05. The maximum absolute atomic E-state index is 11.2. The second kappa shape index (κ2) is 3.18. The predicted molar refractivity (Wildman–Crippen MR) is 43.2 cm³/mol. The van der Waals surface area contributed by atoms with Crippen LogP contribution < -0.4 is 0 Å². The third kappa shape index (κ3) is 1.69. The highest BCUT2D eigenvalue weighted by atomic mass is 16.3. The highest BCUT2D eigenvalue weighted by Gasteiger charge is 2.35. The number of Topliss-reactive ketones (excluding diaryl/α,β-unsaturated/α-hetero) is 1. The molecule has 1 atom stereocenters. The predicted octanol–water partition coefficient (Wildman–Crippen LogP) is 1.44. The number of rotatable bonds is 2. The Bertz CT molecular complexity index is 174. The van der Waals surface area contributed by atoms with Crippen molar-refractivity contribution in [3.63, 3.8) is 0 Å². The van der Waals surface area contributed by atoms with Gasteiger partial charge in [-0.05, 0) is 19.3 Å². The van der Waals surface area contributed by atoms with Gasteiger partial charge in [0.1, 0.15) is 5.60 Å². The molecule has 1 N–H and O–H groups in total. The molecule has 0 bridgehead atoms. The smallest absolute Gasteiger partial charge is 0.164 e. The zero-order valence-corrected chi connectivity index (χ0v) is 6.68. The van der Waals surface area contributed by atoms with Gasteiger partial charge in [0.2, 0.25) is 0 Å². The Balaban J connectivity index is 2.64. The maximum Gasteiger partial charge on any atom is 0.164 e. The summed E-state index contributed by atoms with van der Waals surface area (Å²) in [6.07, 6.45) is 5.05. The molecule has 0 amide bonds. The lowest BCUT2D eigenvalue weighted by atomic mass is 9.81. The molecule has 0 saturated heterocycles. The molecule has 1 saturated carbocycles. The molecular formula is C9H14O2. The molecule has 0 aliphatic heterocycles. The Kier molecular flexibility index (Phi) is 2.45. The van der Waals surface area contributed by atoms with Crippen LogP contribution in [0.15, 0.2) is 12.7 Å². The molecule has 2 heteroatoms. The minimum atomic E-state index is -1.07. The van der Waals surface area contributed by atoms with Crippen LogP contribution in [-0.2, 0) is 4.79 Å². The summed E-state index contributed by atoms with van der Waals surface area (Å²) < 4.78 is 0. The van der Waals surface area contributed by atoms with Gasteiger partial charge in [-0.1, -0.05) is 6.08 Å². The number of hydrogen-bond acceptors (Lipinski definition) is 2. The van der Waals surface area contributed by atoms with Crippen LogP contribution in [0, 0.1) is 0 Å². The second-order valence-corrected chi connectivity index (χ2v) is 3.15. The van der Waals surface area contributed by atoms with Gasteiger partial charge in [-0.25, -0.2) is 0 Å². The van der Waals surface area contributed by atoms with Crippen molar-refractivity contribution < 1.29 is 9.90 Å². The van der Waals surface area contributed by atoms with E-state index in [2.05, 4.69) is 6.58 Å². The topological polar surface area (TPSA) is 37.3 Å². The van der Waals surface area contributed by atoms with Gasteiger partial charge in [-0.15, -0.1) is 6.58 Å². The molecule has 0 aromatic heterocycles. The number of aliphatic hydroxyl groups is 1. The van der Waals surface area contributed by atoms with Gasteiger partial charge in [-0.2, -0.15) is 0 Å². The molecule has 0 radical (unpaired) electrons. The van der Waals surface area contributed by atoms with Crippen LogP contribution in [0.1, 0.15) is 32.1 Å². The highest BCUT2D eigenvalue weighted by Crippen LogP contribution is 2.27. The second-order valence-electron chi connectivity index (χ2n) is 3.15. The largest absolute Gasteiger partial charge is 0.382 e. The van der Waals surface area contributed by atoms with E-state index in [1.807, 2.05) is 0 Å². The summed E-state index contributed by atoms with van der Waals surface area (Å²) in [4.78, 5) is 11.2. The first kappa shape index (κ1) is 8.47. The van der Waals surface area contributed by atoms with Crippen molar-refractivity contribution in [1.82, 2.24) is 0 Å². The van der Waals surface area contributed by atoms with Crippen molar-refractivity contribution in [2.24, 2.45) is 0 Å². The van der Waals surface area contributed by atoms with E-state index in [0.29, 0.717) is 19.3 Å². The van der Waals surface area contributed by atoms with Crippen LogP contribution >= 0.6 is 0 Å². The molecule has 1 rings (SSSR count). The Morgan fingerprint density at radius 2 is 2.36 bits per heavy atom. The van der Waals surface area contributed by atoms with E-state index < -0.39 is 5.60 Å². The lowest BCUT2D eigenvalue weighted by Crippen LogP contribution is -2.40. The SMILES string of the molecule is C=CCC1(O)CCCCC1=O. The Hall–Kier alpha value is -0.630. The lowest BCUT2D eigenvalue weighted by Gasteiger charge is -2.29. The average molecular weight is 154 g/mol. The van der Waals surface area contributed by atoms with Crippen LogP contribution in [0.3, 0.4) is 0 Å². The summed E-state index contributed by atoms with van der Waals surface area (Å²) in [6, 6.07) is 0. The van der Waals surface area contributed by atoms with E-state index in [-0.39, 0.29) is 5.78 Å². The van der Waals surface area contributed by atoms with E-state index in [9.17, 15) is 9.90 Å². The van der Waals surface area contributed by atoms with Gasteiger partial charge >= 0.3 is 0 Å². The molecule has 2 nitrogen and oxygen atoms in total. The summed E-state index contributed by atoms with van der Waals surface area (Å²) in [5, 5.41) is 9.72. The van der Waals surface area contributed by atoms with Crippen molar-refractivity contribution in [3.05, 3.63) is 12.7 Å². The lowest BCUT2D eigenvalue weighted by molar-refractivity contribution is -0.140. The van der Waals surface area contributed by atoms with Gasteiger partial charge in [0, 0.05) is 12.8 Å². The fourth-order valence-corrected chi connectivity index (χ4v) is 1.53. The molecule has 0 spiro atoms. The Labute approximate surface area is 66.9 Å². The van der Waals surface area contributed by atoms with E-state index in [0.717, 1.165) is 12.8 Å². The fraction of sp³-hybridized carbons (Fsp3) is 0.667. The van der Waals surface area contributed by atoms with Crippen LogP contribution in [0.4, 0.5) is 0 Å². The first-order valence-electron chi connectivity index (χ1n) is 4.05. The quantitative estimate of drug-likeness (QED) is 0.611. The molecule has 1 aliphatic carbocycles. The number of hydrogen-bond donors (Lipinski definition) is 1. The highest BCUT2D eigenvalue weighted by molar-refractivity contribution is 5.87. The summed E-state index contributed by atoms with van der Waals surface area (Å²) in [5.41, 5.74) is -1.07. The van der Waals surface area contributed by atoms with Crippen molar-refractivity contribution in [3.8, 4) is 0 Å². The summed E-state index contributed by atoms with van der Waals surface area (Å²) >= 11 is 0. The molecule has 1 unspecified atom stereocenters. The Morgan fingerprint density at radius 3 is 2.91 bits per heavy atom. The molecule has 0 heterocycles. The van der Waals surface area contributed by atoms with E-state index in [4.69, 9.17) is 0 Å². The van der Waals surface area contributed by atoms with Crippen LogP contribution in [0.2, 0.25) is 0 Å². The van der Waals surface area contributed by atoms with Gasteiger partial charge in [-0.3, -0.25) is 4.79 Å². The molecule has 0 aromatic rings. The standard InChI is InChI=1S/C9H14O2/c1-2-6-9(11)7-4-3-5-8(9)10/h2,11H,1,3-7H2. The third-order valence-corrected chi connectivity index (χ3v) is 2.25. The van der Waals surface area contributed by atoms with Crippen LogP contribution in [0.5, 0.6) is 0 Å². The molecule has 1 fully saturated rings. The van der Waals surface area contributed by atoms with Gasteiger partial charge in [0.05, 0.1) is 0 Å². The first-order chi connectivity index (χ1) is 5.19. The van der Waals surface area contributed by atoms with E-state index in [1.54, 1.807) is 6.08 Å². The number of carbonyl (C=O) groups is 1. The average Bonchev–Trinajstić information content (AvgIpc) is 1.96. The zero-order chi connectivity index (χ0) is 8.32. The van der Waals surface area contributed by atoms with Crippen molar-refractivity contribution in [2.75, 3.05) is 0 Å². The fourth-order valence-electron chi connectivity index (χ4n) is 1.53. The molecule has 1 aliphatic rings. The minimum absolute atomic E-state index is 0.0105.